The van der Waals surface area contributed by atoms with Crippen LogP contribution in [0.1, 0.15) is 30.5 Å². The molecule has 51 heavy (non-hydrogen) atoms. The zero-order valence-electron chi connectivity index (χ0n) is 29.2. The number of ether oxygens (including phenoxy) is 2. The zero-order chi connectivity index (χ0) is 36.4. The van der Waals surface area contributed by atoms with Crippen molar-refractivity contribution in [2.45, 2.75) is 50.7 Å². The first-order valence-corrected chi connectivity index (χ1v) is 18.2. The van der Waals surface area contributed by atoms with Crippen molar-refractivity contribution in [3.63, 3.8) is 0 Å². The Morgan fingerprint density at radius 1 is 0.725 bits per heavy atom. The number of nitrogens with zero attached hydrogens (tertiary/aromatic N) is 2. The molecule has 264 valence electrons. The van der Waals surface area contributed by atoms with Crippen LogP contribution in [0, 0.1) is 6.92 Å². The number of hydrogen-bond donors (Lipinski definition) is 1. The third-order valence-electron chi connectivity index (χ3n) is 8.18. The van der Waals surface area contributed by atoms with Crippen molar-refractivity contribution in [3.05, 3.63) is 150 Å². The number of amides is 2. The second kappa shape index (κ2) is 16.9. The van der Waals surface area contributed by atoms with Crippen molar-refractivity contribution in [2.75, 3.05) is 18.0 Å². The topological polar surface area (TPSA) is 105 Å². The Morgan fingerprint density at radius 2 is 1.31 bits per heavy atom. The quantitative estimate of drug-likeness (QED) is 0.124. The van der Waals surface area contributed by atoms with Crippen molar-refractivity contribution in [2.24, 2.45) is 0 Å². The van der Waals surface area contributed by atoms with Crippen LogP contribution in [0.25, 0.3) is 0 Å². The Hall–Kier alpha value is -5.61. The van der Waals surface area contributed by atoms with Crippen LogP contribution < -0.4 is 19.1 Å². The molecule has 0 heterocycles. The van der Waals surface area contributed by atoms with E-state index >= 15 is 0 Å². The van der Waals surface area contributed by atoms with Gasteiger partial charge in [-0.15, -0.1) is 0 Å². The van der Waals surface area contributed by atoms with Crippen LogP contribution in [0.15, 0.2) is 138 Å². The summed E-state index contributed by atoms with van der Waals surface area (Å²) in [5.41, 5.74) is 2.72. The van der Waals surface area contributed by atoms with E-state index in [-0.39, 0.29) is 35.5 Å². The molecule has 5 aromatic carbocycles. The number of carbonyl (C=O) groups is 2. The normalized spacial score (nSPS) is 11.8. The molecule has 9 nitrogen and oxygen atoms in total. The Balaban J connectivity index is 1.57. The largest absolute Gasteiger partial charge is 0.497 e. The molecule has 0 aliphatic heterocycles. The van der Waals surface area contributed by atoms with Gasteiger partial charge < -0.3 is 19.7 Å². The van der Waals surface area contributed by atoms with Crippen LogP contribution in [-0.4, -0.2) is 50.9 Å². The maximum absolute atomic E-state index is 14.7. The van der Waals surface area contributed by atoms with Gasteiger partial charge in [0, 0.05) is 19.0 Å². The smallest absolute Gasteiger partial charge is 0.264 e. The highest BCUT2D eigenvalue weighted by molar-refractivity contribution is 7.92. The Morgan fingerprint density at radius 3 is 1.94 bits per heavy atom. The van der Waals surface area contributed by atoms with Crippen LogP contribution in [0.3, 0.4) is 0 Å². The molecule has 0 fully saturated rings. The molecular formula is C41H43N3O6S. The summed E-state index contributed by atoms with van der Waals surface area (Å²) in [4.78, 5) is 30.2. The molecule has 5 rings (SSSR count). The average Bonchev–Trinajstić information content (AvgIpc) is 3.13. The molecule has 1 atom stereocenters. The first-order valence-electron chi connectivity index (χ1n) is 16.7. The lowest BCUT2D eigenvalue weighted by Crippen LogP contribution is -2.54. The lowest BCUT2D eigenvalue weighted by molar-refractivity contribution is -0.140. The number of methoxy groups -OCH3 is 1. The molecule has 0 aromatic heterocycles. The summed E-state index contributed by atoms with van der Waals surface area (Å²) in [5, 5.41) is 2.98. The second-order valence-corrected chi connectivity index (χ2v) is 14.3. The van der Waals surface area contributed by atoms with Crippen LogP contribution in [0.2, 0.25) is 0 Å². The van der Waals surface area contributed by atoms with E-state index in [0.717, 1.165) is 15.4 Å². The van der Waals surface area contributed by atoms with Crippen molar-refractivity contribution in [1.82, 2.24) is 10.2 Å². The van der Waals surface area contributed by atoms with Gasteiger partial charge in [-0.25, -0.2) is 8.42 Å². The molecule has 2 amide bonds. The summed E-state index contributed by atoms with van der Waals surface area (Å²) in [7, 11) is -2.70. The molecule has 0 saturated carbocycles. The summed E-state index contributed by atoms with van der Waals surface area (Å²) < 4.78 is 41.3. The third kappa shape index (κ3) is 9.76. The van der Waals surface area contributed by atoms with Crippen molar-refractivity contribution in [1.29, 1.82) is 0 Å². The minimum atomic E-state index is -4.25. The molecule has 1 N–H and O–H groups in total. The number of sulfonamides is 1. The van der Waals surface area contributed by atoms with E-state index < -0.39 is 28.5 Å². The summed E-state index contributed by atoms with van der Waals surface area (Å²) in [6, 6.07) is 37.8. The predicted molar refractivity (Wildman–Crippen MR) is 199 cm³/mol. The number of benzene rings is 5. The predicted octanol–water partition coefficient (Wildman–Crippen LogP) is 7.16. The fourth-order valence-electron chi connectivity index (χ4n) is 5.57. The van der Waals surface area contributed by atoms with E-state index in [2.05, 4.69) is 5.32 Å². The van der Waals surface area contributed by atoms with Gasteiger partial charge in [-0.1, -0.05) is 78.4 Å². The van der Waals surface area contributed by atoms with Gasteiger partial charge in [0.25, 0.3) is 10.0 Å². The Bertz CT molecular complexity index is 2000. The minimum absolute atomic E-state index is 0.0291. The van der Waals surface area contributed by atoms with Crippen LogP contribution in [0.5, 0.6) is 17.2 Å². The number of para-hydroxylation sites is 1. The molecule has 0 bridgehead atoms. The maximum Gasteiger partial charge on any atom is 0.264 e. The van der Waals surface area contributed by atoms with E-state index in [1.54, 1.807) is 55.6 Å². The molecule has 1 unspecified atom stereocenters. The van der Waals surface area contributed by atoms with E-state index in [1.807, 2.05) is 93.6 Å². The lowest BCUT2D eigenvalue weighted by atomic mass is 10.0. The lowest BCUT2D eigenvalue weighted by Gasteiger charge is -2.34. The number of carbonyl (C=O) groups excluding carboxylic acids is 2. The van der Waals surface area contributed by atoms with Crippen molar-refractivity contribution < 1.29 is 27.5 Å². The molecule has 0 aliphatic rings. The van der Waals surface area contributed by atoms with E-state index in [0.29, 0.717) is 22.8 Å². The number of aryl methyl sites for hydroxylation is 1. The highest BCUT2D eigenvalue weighted by atomic mass is 32.2. The molecule has 0 aliphatic carbocycles. The van der Waals surface area contributed by atoms with E-state index in [9.17, 15) is 18.0 Å². The van der Waals surface area contributed by atoms with Crippen molar-refractivity contribution in [3.8, 4) is 17.2 Å². The highest BCUT2D eigenvalue weighted by Crippen LogP contribution is 2.29. The summed E-state index contributed by atoms with van der Waals surface area (Å²) in [6.45, 7) is 5.04. The van der Waals surface area contributed by atoms with E-state index in [1.165, 1.54) is 17.0 Å². The third-order valence-corrected chi connectivity index (χ3v) is 9.97. The average molecular weight is 706 g/mol. The van der Waals surface area contributed by atoms with Crippen LogP contribution >= 0.6 is 0 Å². The first-order chi connectivity index (χ1) is 24.5. The molecule has 10 heteroatoms. The summed E-state index contributed by atoms with van der Waals surface area (Å²) in [6.07, 6.45) is 0.214. The summed E-state index contributed by atoms with van der Waals surface area (Å²) >= 11 is 0. The molecule has 0 radical (unpaired) electrons. The van der Waals surface area contributed by atoms with Gasteiger partial charge in [0.1, 0.15) is 29.8 Å². The Labute approximate surface area is 300 Å². The molecule has 0 saturated heterocycles. The second-order valence-electron chi connectivity index (χ2n) is 12.5. The minimum Gasteiger partial charge on any atom is -0.497 e. The van der Waals surface area contributed by atoms with Crippen LogP contribution in [0.4, 0.5) is 5.69 Å². The molecule has 0 spiro atoms. The van der Waals surface area contributed by atoms with Gasteiger partial charge in [0.2, 0.25) is 11.8 Å². The molecule has 5 aromatic rings. The maximum atomic E-state index is 14.7. The van der Waals surface area contributed by atoms with Crippen LogP contribution in [-0.2, 0) is 32.6 Å². The fraction of sp³-hybridized carbons (Fsp3) is 0.220. The van der Waals surface area contributed by atoms with Crippen molar-refractivity contribution >= 4 is 27.5 Å². The molecular weight excluding hydrogens is 663 g/mol. The number of anilines is 1. The van der Waals surface area contributed by atoms with Gasteiger partial charge in [-0.3, -0.25) is 13.9 Å². The van der Waals surface area contributed by atoms with Gasteiger partial charge in [-0.05, 0) is 92.6 Å². The first kappa shape index (κ1) is 36.7. The number of hydrogen-bond acceptors (Lipinski definition) is 6. The highest BCUT2D eigenvalue weighted by Gasteiger charge is 2.35. The fourth-order valence-corrected chi connectivity index (χ4v) is 6.99. The standard InChI is InChI=1S/C41H43N3O6S/c1-30(2)42-41(46)39(27-32-12-7-5-8-13-32)43(28-33-14-11-17-37(26-33)49-4)40(45)29-44(51(47,48)38-24-18-31(3)19-25-38)34-20-22-36(23-21-34)50-35-15-9-6-10-16-35/h5-26,30,39H,27-29H2,1-4H3,(H,42,46). The zero-order valence-corrected chi connectivity index (χ0v) is 30.0. The van der Waals surface area contributed by atoms with Gasteiger partial charge in [0.15, 0.2) is 0 Å². The van der Waals surface area contributed by atoms with Gasteiger partial charge >= 0.3 is 0 Å². The van der Waals surface area contributed by atoms with Gasteiger partial charge in [0.05, 0.1) is 17.7 Å². The number of rotatable bonds is 15. The SMILES string of the molecule is COc1cccc(CN(C(=O)CN(c2ccc(Oc3ccccc3)cc2)S(=O)(=O)c2ccc(C)cc2)C(Cc2ccccc2)C(=O)NC(C)C)c1. The Kier molecular flexibility index (Phi) is 12.1. The number of nitrogens with one attached hydrogen (secondary N) is 1. The summed E-state index contributed by atoms with van der Waals surface area (Å²) in [5.74, 6) is 0.810. The monoisotopic (exact) mass is 705 g/mol. The van der Waals surface area contributed by atoms with Gasteiger partial charge in [-0.2, -0.15) is 0 Å². The van der Waals surface area contributed by atoms with E-state index in [4.69, 9.17) is 9.47 Å².